The zero-order valence-corrected chi connectivity index (χ0v) is 6.97. The number of ketones is 1. The van der Waals surface area contributed by atoms with Gasteiger partial charge in [0, 0.05) is 12.8 Å². The van der Waals surface area contributed by atoms with Gasteiger partial charge in [-0.3, -0.25) is 4.79 Å². The monoisotopic (exact) mass is 150 g/mol. The molecule has 0 rings (SSSR count). The maximum Gasteiger partial charge on any atom is 0.136 e. The molecule has 0 radical (unpaired) electrons. The fraction of sp³-hybridized carbons (Fsp3) is 0.300. The summed E-state index contributed by atoms with van der Waals surface area (Å²) in [5.41, 5.74) is 0.937. The van der Waals surface area contributed by atoms with E-state index in [9.17, 15) is 4.79 Å². The third-order valence-corrected chi connectivity index (χ3v) is 1.39. The minimum Gasteiger partial charge on any atom is -0.299 e. The van der Waals surface area contributed by atoms with Crippen LogP contribution in [0.1, 0.15) is 19.8 Å². The van der Waals surface area contributed by atoms with Crippen molar-refractivity contribution in [3.63, 3.8) is 0 Å². The zero-order valence-electron chi connectivity index (χ0n) is 6.97. The number of carbonyl (C=O) groups is 1. The second kappa shape index (κ2) is 5.66. The molecule has 0 aromatic heterocycles. The van der Waals surface area contributed by atoms with Crippen LogP contribution in [0.5, 0.6) is 0 Å². The third-order valence-electron chi connectivity index (χ3n) is 1.39. The Bertz CT molecular complexity index is 187. The number of hydrogen-bond donors (Lipinski definition) is 0. The topological polar surface area (TPSA) is 17.1 Å². The highest BCUT2D eigenvalue weighted by Gasteiger charge is 1.98. The van der Waals surface area contributed by atoms with E-state index in [0.29, 0.717) is 12.8 Å². The predicted molar refractivity (Wildman–Crippen MR) is 48.4 cm³/mol. The lowest BCUT2D eigenvalue weighted by Gasteiger charge is -1.96. The highest BCUT2D eigenvalue weighted by Crippen LogP contribution is 2.04. The van der Waals surface area contributed by atoms with E-state index in [-0.39, 0.29) is 5.78 Å². The van der Waals surface area contributed by atoms with Gasteiger partial charge in [0.05, 0.1) is 0 Å². The van der Waals surface area contributed by atoms with Crippen LogP contribution in [0.25, 0.3) is 0 Å². The molecule has 60 valence electrons. The molecule has 1 nitrogen and oxygen atoms in total. The van der Waals surface area contributed by atoms with Gasteiger partial charge in [-0.15, -0.1) is 0 Å². The van der Waals surface area contributed by atoms with Crippen molar-refractivity contribution in [2.45, 2.75) is 19.8 Å². The second-order valence-corrected chi connectivity index (χ2v) is 2.25. The number of hydrogen-bond acceptors (Lipinski definition) is 1. The first-order valence-corrected chi connectivity index (χ1v) is 3.70. The first-order chi connectivity index (χ1) is 5.24. The lowest BCUT2D eigenvalue weighted by Crippen LogP contribution is -1.95. The Balaban J connectivity index is 4.08. The molecule has 0 heterocycles. The molecule has 0 aromatic rings. The highest BCUT2D eigenvalue weighted by molar-refractivity contribution is 5.81. The average molecular weight is 150 g/mol. The molecule has 0 unspecified atom stereocenters. The number of allylic oxidation sites excluding steroid dienone is 4. The molecule has 0 saturated carbocycles. The van der Waals surface area contributed by atoms with Crippen LogP contribution in [0.4, 0.5) is 0 Å². The zero-order chi connectivity index (χ0) is 8.69. The van der Waals surface area contributed by atoms with Crippen molar-refractivity contribution in [2.75, 3.05) is 0 Å². The van der Waals surface area contributed by atoms with Gasteiger partial charge in [-0.25, -0.2) is 0 Å². The summed E-state index contributed by atoms with van der Waals surface area (Å²) < 4.78 is 0. The third kappa shape index (κ3) is 4.31. The van der Waals surface area contributed by atoms with Crippen molar-refractivity contribution < 1.29 is 4.79 Å². The summed E-state index contributed by atoms with van der Waals surface area (Å²) in [6.07, 6.45) is 6.23. The van der Waals surface area contributed by atoms with Gasteiger partial charge in [0.2, 0.25) is 0 Å². The molecule has 0 atom stereocenters. The molecule has 11 heavy (non-hydrogen) atoms. The van der Waals surface area contributed by atoms with Crippen LogP contribution in [0, 0.1) is 0 Å². The Morgan fingerprint density at radius 1 is 1.45 bits per heavy atom. The van der Waals surface area contributed by atoms with Crippen LogP contribution in [0.3, 0.4) is 0 Å². The standard InChI is InChI=1S/C10H14O/c1-4-7-9(5-2)8-10(11)6-3/h4-5,7H,1-2,6,8H2,3H3/b9-7+. The van der Waals surface area contributed by atoms with E-state index in [4.69, 9.17) is 0 Å². The summed E-state index contributed by atoms with van der Waals surface area (Å²) in [6.45, 7) is 9.00. The fourth-order valence-electron chi connectivity index (χ4n) is 0.703. The van der Waals surface area contributed by atoms with E-state index < -0.39 is 0 Å². The average Bonchev–Trinajstić information content (AvgIpc) is 2.03. The fourth-order valence-corrected chi connectivity index (χ4v) is 0.703. The Hall–Kier alpha value is -1.11. The molecule has 0 aromatic carbocycles. The molecular formula is C10H14O. The summed E-state index contributed by atoms with van der Waals surface area (Å²) in [4.78, 5) is 10.9. The molecule has 1 heteroatoms. The van der Waals surface area contributed by atoms with Crippen LogP contribution >= 0.6 is 0 Å². The molecule has 0 aliphatic heterocycles. The van der Waals surface area contributed by atoms with Crippen molar-refractivity contribution in [3.8, 4) is 0 Å². The van der Waals surface area contributed by atoms with E-state index in [1.807, 2.05) is 6.92 Å². The van der Waals surface area contributed by atoms with Crippen molar-refractivity contribution in [1.82, 2.24) is 0 Å². The summed E-state index contributed by atoms with van der Waals surface area (Å²) >= 11 is 0. The molecule has 0 aliphatic rings. The molecule has 0 N–H and O–H groups in total. The summed E-state index contributed by atoms with van der Waals surface area (Å²) in [6, 6.07) is 0. The Labute approximate surface area is 68.1 Å². The first kappa shape index (κ1) is 9.89. The van der Waals surface area contributed by atoms with Gasteiger partial charge < -0.3 is 0 Å². The molecule has 0 bridgehead atoms. The Morgan fingerprint density at radius 2 is 2.09 bits per heavy atom. The molecule has 0 amide bonds. The van der Waals surface area contributed by atoms with Gasteiger partial charge in [-0.1, -0.05) is 38.3 Å². The lowest BCUT2D eigenvalue weighted by molar-refractivity contribution is -0.118. The van der Waals surface area contributed by atoms with Crippen molar-refractivity contribution >= 4 is 5.78 Å². The van der Waals surface area contributed by atoms with E-state index in [0.717, 1.165) is 5.57 Å². The minimum absolute atomic E-state index is 0.234. The van der Waals surface area contributed by atoms with E-state index >= 15 is 0 Å². The van der Waals surface area contributed by atoms with Crippen molar-refractivity contribution in [3.05, 3.63) is 37.0 Å². The van der Waals surface area contributed by atoms with Gasteiger partial charge in [-0.2, -0.15) is 0 Å². The highest BCUT2D eigenvalue weighted by atomic mass is 16.1. The van der Waals surface area contributed by atoms with Gasteiger partial charge in [0.25, 0.3) is 0 Å². The normalized spacial score (nSPS) is 10.8. The minimum atomic E-state index is 0.234. The molecule has 0 saturated heterocycles. The quantitative estimate of drug-likeness (QED) is 0.551. The van der Waals surface area contributed by atoms with Crippen molar-refractivity contribution in [2.24, 2.45) is 0 Å². The van der Waals surface area contributed by atoms with E-state index in [2.05, 4.69) is 13.2 Å². The Kier molecular flexibility index (Phi) is 5.09. The van der Waals surface area contributed by atoms with Crippen LogP contribution in [0.2, 0.25) is 0 Å². The number of rotatable bonds is 5. The maximum atomic E-state index is 10.9. The molecule has 0 fully saturated rings. The van der Waals surface area contributed by atoms with E-state index in [1.54, 1.807) is 18.2 Å². The van der Waals surface area contributed by atoms with Gasteiger partial charge >= 0.3 is 0 Å². The van der Waals surface area contributed by atoms with Crippen LogP contribution in [-0.4, -0.2) is 5.78 Å². The second-order valence-electron chi connectivity index (χ2n) is 2.25. The molecule has 0 spiro atoms. The van der Waals surface area contributed by atoms with Gasteiger partial charge in [-0.05, 0) is 5.57 Å². The summed E-state index contributed by atoms with van der Waals surface area (Å²) in [5.74, 6) is 0.234. The number of carbonyl (C=O) groups excluding carboxylic acids is 1. The maximum absolute atomic E-state index is 10.9. The largest absolute Gasteiger partial charge is 0.299 e. The molecular weight excluding hydrogens is 136 g/mol. The van der Waals surface area contributed by atoms with Gasteiger partial charge in [0.15, 0.2) is 0 Å². The SMILES string of the molecule is C=C/C=C(\C=C)CC(=O)CC. The summed E-state index contributed by atoms with van der Waals surface area (Å²) in [5, 5.41) is 0. The van der Waals surface area contributed by atoms with Crippen LogP contribution in [-0.2, 0) is 4.79 Å². The van der Waals surface area contributed by atoms with Crippen LogP contribution in [0.15, 0.2) is 37.0 Å². The predicted octanol–water partition coefficient (Wildman–Crippen LogP) is 2.65. The molecule has 0 aliphatic carbocycles. The van der Waals surface area contributed by atoms with Gasteiger partial charge in [0.1, 0.15) is 5.78 Å². The summed E-state index contributed by atoms with van der Waals surface area (Å²) in [7, 11) is 0. The van der Waals surface area contributed by atoms with Crippen LogP contribution < -0.4 is 0 Å². The Morgan fingerprint density at radius 3 is 2.45 bits per heavy atom. The lowest BCUT2D eigenvalue weighted by atomic mass is 10.1. The smallest absolute Gasteiger partial charge is 0.136 e. The van der Waals surface area contributed by atoms with E-state index in [1.165, 1.54) is 0 Å². The number of Topliss-reactive ketones (excluding diaryl/α,β-unsaturated/α-hetero) is 1. The first-order valence-electron chi connectivity index (χ1n) is 3.70. The van der Waals surface area contributed by atoms with Crippen molar-refractivity contribution in [1.29, 1.82) is 0 Å².